The highest BCUT2D eigenvalue weighted by Crippen LogP contribution is 2.32. The number of benzene rings is 1. The number of carbonyl (C=O) groups is 1. The van der Waals surface area contributed by atoms with Crippen LogP contribution in [0.3, 0.4) is 0 Å². The van der Waals surface area contributed by atoms with Crippen LogP contribution in [0.1, 0.15) is 9.67 Å². The van der Waals surface area contributed by atoms with Crippen molar-refractivity contribution in [1.29, 1.82) is 0 Å². The smallest absolute Gasteiger partial charge is 0.345 e. The van der Waals surface area contributed by atoms with E-state index in [0.717, 1.165) is 11.3 Å². The summed E-state index contributed by atoms with van der Waals surface area (Å²) in [6, 6.07) is 8.02. The number of carboxylic acid groups (broad SMARTS) is 1. The van der Waals surface area contributed by atoms with Gasteiger partial charge < -0.3 is 5.11 Å². The molecule has 16 heavy (non-hydrogen) atoms. The van der Waals surface area contributed by atoms with Crippen molar-refractivity contribution in [3.05, 3.63) is 45.5 Å². The number of halogens is 2. The summed E-state index contributed by atoms with van der Waals surface area (Å²) in [6.45, 7) is 0. The van der Waals surface area contributed by atoms with Gasteiger partial charge in [-0.15, -0.1) is 11.3 Å². The first-order valence-electron chi connectivity index (χ1n) is 4.37. The van der Waals surface area contributed by atoms with Crippen molar-refractivity contribution in [1.82, 2.24) is 0 Å². The molecule has 0 aliphatic heterocycles. The van der Waals surface area contributed by atoms with E-state index in [0.29, 0.717) is 14.9 Å². The Bertz CT molecular complexity index is 551. The maximum atomic E-state index is 13.7. The van der Waals surface area contributed by atoms with E-state index in [1.165, 1.54) is 6.07 Å². The first-order chi connectivity index (χ1) is 7.59. The molecule has 2 rings (SSSR count). The first-order valence-corrected chi connectivity index (χ1v) is 5.98. The van der Waals surface area contributed by atoms with E-state index in [1.54, 1.807) is 24.3 Å². The third kappa shape index (κ3) is 2.01. The molecule has 0 aliphatic carbocycles. The van der Waals surface area contributed by atoms with Gasteiger partial charge in [0.15, 0.2) is 0 Å². The van der Waals surface area contributed by atoms with Gasteiger partial charge in [0.2, 0.25) is 0 Å². The molecule has 0 unspecified atom stereocenters. The molecule has 2 aromatic rings. The minimum Gasteiger partial charge on any atom is -0.477 e. The number of aromatic carboxylic acids is 1. The van der Waals surface area contributed by atoms with Crippen LogP contribution in [0.4, 0.5) is 4.39 Å². The van der Waals surface area contributed by atoms with Crippen LogP contribution in [0.5, 0.6) is 0 Å². The van der Waals surface area contributed by atoms with Crippen LogP contribution in [0.15, 0.2) is 34.8 Å². The van der Waals surface area contributed by atoms with Gasteiger partial charge in [0.1, 0.15) is 10.7 Å². The molecule has 0 bridgehead atoms. The zero-order valence-electron chi connectivity index (χ0n) is 7.91. The normalized spacial score (nSPS) is 10.4. The molecular weight excluding hydrogens is 295 g/mol. The molecule has 0 radical (unpaired) electrons. The predicted molar refractivity (Wildman–Crippen MR) is 64.4 cm³/mol. The Morgan fingerprint density at radius 3 is 2.69 bits per heavy atom. The van der Waals surface area contributed by atoms with Crippen LogP contribution in [0, 0.1) is 5.82 Å². The molecule has 82 valence electrons. The number of rotatable bonds is 2. The average Bonchev–Trinajstić information content (AvgIpc) is 2.71. The monoisotopic (exact) mass is 300 g/mol. The second-order valence-electron chi connectivity index (χ2n) is 3.07. The lowest BCUT2D eigenvalue weighted by molar-refractivity contribution is 0.0702. The molecule has 0 fully saturated rings. The van der Waals surface area contributed by atoms with Gasteiger partial charge in [-0.05, 0) is 34.1 Å². The van der Waals surface area contributed by atoms with E-state index in [2.05, 4.69) is 15.9 Å². The molecule has 1 heterocycles. The minimum atomic E-state index is -0.994. The number of carboxylic acids is 1. The predicted octanol–water partition coefficient (Wildman–Crippen LogP) is 4.01. The summed E-state index contributed by atoms with van der Waals surface area (Å²) in [5.41, 5.74) is 0.409. The largest absolute Gasteiger partial charge is 0.477 e. The van der Waals surface area contributed by atoms with Gasteiger partial charge in [0.05, 0.1) is 4.47 Å². The Hall–Kier alpha value is -1.20. The van der Waals surface area contributed by atoms with Gasteiger partial charge in [-0.25, -0.2) is 9.18 Å². The fourth-order valence-electron chi connectivity index (χ4n) is 1.29. The zero-order valence-corrected chi connectivity index (χ0v) is 10.3. The first kappa shape index (κ1) is 11.3. The fraction of sp³-hybridized carbons (Fsp3) is 0. The summed E-state index contributed by atoms with van der Waals surface area (Å²) in [5.74, 6) is -1.37. The summed E-state index contributed by atoms with van der Waals surface area (Å²) >= 11 is 4.15. The summed E-state index contributed by atoms with van der Waals surface area (Å²) in [6.07, 6.45) is 0. The Morgan fingerprint density at radius 1 is 1.31 bits per heavy atom. The molecule has 0 aliphatic rings. The van der Waals surface area contributed by atoms with E-state index in [1.807, 2.05) is 0 Å². The molecule has 1 aromatic heterocycles. The maximum Gasteiger partial charge on any atom is 0.345 e. The van der Waals surface area contributed by atoms with Crippen molar-refractivity contribution >= 4 is 33.2 Å². The van der Waals surface area contributed by atoms with E-state index in [4.69, 9.17) is 5.11 Å². The Morgan fingerprint density at radius 2 is 2.06 bits per heavy atom. The highest BCUT2D eigenvalue weighted by Gasteiger charge is 2.12. The molecular formula is C11H6BrFO2S. The van der Waals surface area contributed by atoms with Crippen LogP contribution >= 0.6 is 27.3 Å². The van der Waals surface area contributed by atoms with Crippen LogP contribution in [-0.4, -0.2) is 11.1 Å². The zero-order chi connectivity index (χ0) is 11.7. The van der Waals surface area contributed by atoms with Gasteiger partial charge >= 0.3 is 5.97 Å². The van der Waals surface area contributed by atoms with Crippen molar-refractivity contribution in [3.8, 4) is 10.4 Å². The Balaban J connectivity index is 2.50. The molecule has 1 N–H and O–H groups in total. The van der Waals surface area contributed by atoms with Crippen LogP contribution in [0.25, 0.3) is 10.4 Å². The van der Waals surface area contributed by atoms with E-state index in [-0.39, 0.29) is 10.7 Å². The fourth-order valence-corrected chi connectivity index (χ4v) is 2.52. The summed E-state index contributed by atoms with van der Waals surface area (Å²) in [4.78, 5) is 11.5. The molecule has 0 saturated carbocycles. The molecule has 0 spiro atoms. The second kappa shape index (κ2) is 4.35. The van der Waals surface area contributed by atoms with Gasteiger partial charge in [0.25, 0.3) is 0 Å². The third-order valence-electron chi connectivity index (χ3n) is 2.03. The standard InChI is InChI=1S/C11H6BrFO2S/c12-7-3-1-2-6(10(7)13)8-4-5-9(16-8)11(14)15/h1-5H,(H,14,15). The molecule has 0 saturated heterocycles. The lowest BCUT2D eigenvalue weighted by Crippen LogP contribution is -1.89. The van der Waals surface area contributed by atoms with E-state index < -0.39 is 5.97 Å². The molecule has 0 amide bonds. The van der Waals surface area contributed by atoms with Crippen molar-refractivity contribution in [2.45, 2.75) is 0 Å². The Labute approximate surface area is 103 Å². The minimum absolute atomic E-state index is 0.203. The molecule has 5 heteroatoms. The third-order valence-corrected chi connectivity index (χ3v) is 3.75. The van der Waals surface area contributed by atoms with Crippen molar-refractivity contribution < 1.29 is 14.3 Å². The SMILES string of the molecule is O=C(O)c1ccc(-c2cccc(Br)c2F)s1. The molecule has 0 atom stereocenters. The number of hydrogen-bond donors (Lipinski definition) is 1. The topological polar surface area (TPSA) is 37.3 Å². The summed E-state index contributed by atoms with van der Waals surface area (Å²) in [5, 5.41) is 8.78. The number of thiophene rings is 1. The molecule has 2 nitrogen and oxygen atoms in total. The van der Waals surface area contributed by atoms with Crippen molar-refractivity contribution in [2.24, 2.45) is 0 Å². The number of hydrogen-bond acceptors (Lipinski definition) is 2. The van der Waals surface area contributed by atoms with E-state index in [9.17, 15) is 9.18 Å². The highest BCUT2D eigenvalue weighted by atomic mass is 79.9. The van der Waals surface area contributed by atoms with Crippen molar-refractivity contribution in [2.75, 3.05) is 0 Å². The second-order valence-corrected chi connectivity index (χ2v) is 5.01. The molecule has 1 aromatic carbocycles. The lowest BCUT2D eigenvalue weighted by Gasteiger charge is -2.01. The van der Waals surface area contributed by atoms with Crippen molar-refractivity contribution in [3.63, 3.8) is 0 Å². The van der Waals surface area contributed by atoms with Gasteiger partial charge in [-0.2, -0.15) is 0 Å². The van der Waals surface area contributed by atoms with Gasteiger partial charge in [0, 0.05) is 10.4 Å². The van der Waals surface area contributed by atoms with Gasteiger partial charge in [-0.3, -0.25) is 0 Å². The quantitative estimate of drug-likeness (QED) is 0.910. The highest BCUT2D eigenvalue weighted by molar-refractivity contribution is 9.10. The Kier molecular flexibility index (Phi) is 3.07. The van der Waals surface area contributed by atoms with Crippen LogP contribution in [0.2, 0.25) is 0 Å². The van der Waals surface area contributed by atoms with Crippen LogP contribution < -0.4 is 0 Å². The van der Waals surface area contributed by atoms with E-state index >= 15 is 0 Å². The van der Waals surface area contributed by atoms with Gasteiger partial charge in [-0.1, -0.05) is 12.1 Å². The maximum absolute atomic E-state index is 13.7. The summed E-state index contributed by atoms with van der Waals surface area (Å²) in [7, 11) is 0. The lowest BCUT2D eigenvalue weighted by atomic mass is 10.2. The van der Waals surface area contributed by atoms with Crippen LogP contribution in [-0.2, 0) is 0 Å². The summed E-state index contributed by atoms with van der Waals surface area (Å²) < 4.78 is 14.1. The average molecular weight is 301 g/mol.